The topological polar surface area (TPSA) is 21.3 Å². The number of rotatable bonds is 5. The Labute approximate surface area is 161 Å². The van der Waals surface area contributed by atoms with Crippen molar-refractivity contribution in [3.05, 3.63) is 28.2 Å². The third kappa shape index (κ3) is 3.51. The second-order valence-corrected chi connectivity index (χ2v) is 11.0. The smallest absolute Gasteiger partial charge is 0.133 e. The first kappa shape index (κ1) is 17.9. The van der Waals surface area contributed by atoms with Crippen LogP contribution >= 0.6 is 15.9 Å². The van der Waals surface area contributed by atoms with Crippen molar-refractivity contribution < 1.29 is 4.74 Å². The van der Waals surface area contributed by atoms with Gasteiger partial charge < -0.3 is 10.1 Å². The molecule has 0 aromatic heterocycles. The molecule has 4 fully saturated rings. The van der Waals surface area contributed by atoms with Crippen molar-refractivity contribution in [3.63, 3.8) is 0 Å². The van der Waals surface area contributed by atoms with Crippen LogP contribution in [0.3, 0.4) is 0 Å². The number of hydrogen-bond acceptors (Lipinski definition) is 2. The predicted molar refractivity (Wildman–Crippen MR) is 107 cm³/mol. The van der Waals surface area contributed by atoms with Gasteiger partial charge in [0.2, 0.25) is 0 Å². The molecule has 2 nitrogen and oxygen atoms in total. The first-order chi connectivity index (χ1) is 11.7. The molecular formula is C22H32BrNO. The molecule has 1 N–H and O–H groups in total. The summed E-state index contributed by atoms with van der Waals surface area (Å²) in [7, 11) is 0. The SMILES string of the molecule is CC(C)Oc1ccc(CNC23CC4C[C@@](C)(C2)C[C@](C)(C4)C3)cc1Br. The Bertz CT molecular complexity index is 652. The quantitative estimate of drug-likeness (QED) is 0.640. The maximum Gasteiger partial charge on any atom is 0.133 e. The van der Waals surface area contributed by atoms with Crippen molar-refractivity contribution in [1.29, 1.82) is 0 Å². The molecule has 1 aromatic rings. The highest BCUT2D eigenvalue weighted by Crippen LogP contribution is 2.66. The Morgan fingerprint density at radius 2 is 1.80 bits per heavy atom. The molecule has 0 saturated heterocycles. The molecule has 4 saturated carbocycles. The monoisotopic (exact) mass is 405 g/mol. The zero-order valence-electron chi connectivity index (χ0n) is 16.1. The van der Waals surface area contributed by atoms with Gasteiger partial charge in [-0.3, -0.25) is 0 Å². The van der Waals surface area contributed by atoms with E-state index in [9.17, 15) is 0 Å². The second-order valence-electron chi connectivity index (χ2n) is 10.2. The van der Waals surface area contributed by atoms with E-state index in [0.717, 1.165) is 22.7 Å². The summed E-state index contributed by atoms with van der Waals surface area (Å²) in [6, 6.07) is 6.53. The lowest BCUT2D eigenvalue weighted by Gasteiger charge is -2.65. The standard InChI is InChI=1S/C22H32BrNO/c1-15(2)25-19-6-5-16(7-18(19)23)11-24-22-10-17-8-20(3,13-22)12-21(4,9-17)14-22/h5-7,15,17,24H,8-14H2,1-4H3/t17?,20-,21+,22?. The first-order valence-corrected chi connectivity index (χ1v) is 10.7. The van der Waals surface area contributed by atoms with Gasteiger partial charge >= 0.3 is 0 Å². The van der Waals surface area contributed by atoms with Crippen molar-refractivity contribution in [1.82, 2.24) is 5.32 Å². The second kappa shape index (κ2) is 5.99. The summed E-state index contributed by atoms with van der Waals surface area (Å²) < 4.78 is 6.90. The van der Waals surface area contributed by atoms with E-state index in [4.69, 9.17) is 4.74 Å². The van der Waals surface area contributed by atoms with Crippen LogP contribution in [0.5, 0.6) is 5.75 Å². The van der Waals surface area contributed by atoms with Crippen LogP contribution in [0.4, 0.5) is 0 Å². The molecule has 4 aliphatic rings. The van der Waals surface area contributed by atoms with E-state index >= 15 is 0 Å². The summed E-state index contributed by atoms with van der Waals surface area (Å²) in [5.41, 5.74) is 2.84. The molecule has 4 aliphatic carbocycles. The van der Waals surface area contributed by atoms with Crippen molar-refractivity contribution >= 4 is 15.9 Å². The van der Waals surface area contributed by atoms with Gasteiger partial charge in [-0.05, 0) is 103 Å². The zero-order valence-corrected chi connectivity index (χ0v) is 17.7. The molecule has 0 spiro atoms. The van der Waals surface area contributed by atoms with Crippen LogP contribution in [-0.2, 0) is 6.54 Å². The minimum absolute atomic E-state index is 0.203. The fourth-order valence-corrected chi connectivity index (χ4v) is 7.46. The molecule has 4 atom stereocenters. The number of ether oxygens (including phenoxy) is 1. The maximum atomic E-state index is 5.84. The van der Waals surface area contributed by atoms with Gasteiger partial charge in [0.1, 0.15) is 5.75 Å². The molecule has 0 amide bonds. The molecule has 2 unspecified atom stereocenters. The number of nitrogens with one attached hydrogen (secondary N) is 1. The summed E-state index contributed by atoms with van der Waals surface area (Å²) in [5.74, 6) is 1.88. The average molecular weight is 406 g/mol. The van der Waals surface area contributed by atoms with E-state index < -0.39 is 0 Å². The highest BCUT2D eigenvalue weighted by molar-refractivity contribution is 9.10. The lowest BCUT2D eigenvalue weighted by atomic mass is 9.43. The number of benzene rings is 1. The summed E-state index contributed by atoms with van der Waals surface area (Å²) in [5, 5.41) is 4.02. The molecule has 3 heteroatoms. The van der Waals surface area contributed by atoms with Gasteiger partial charge in [0.15, 0.2) is 0 Å². The Hall–Kier alpha value is -0.540. The molecular weight excluding hydrogens is 374 g/mol. The van der Waals surface area contributed by atoms with Crippen LogP contribution < -0.4 is 10.1 Å². The molecule has 0 radical (unpaired) electrons. The van der Waals surface area contributed by atoms with Crippen molar-refractivity contribution in [2.24, 2.45) is 16.7 Å². The summed E-state index contributed by atoms with van der Waals surface area (Å²) in [4.78, 5) is 0. The van der Waals surface area contributed by atoms with Gasteiger partial charge in [0.25, 0.3) is 0 Å². The Morgan fingerprint density at radius 3 is 2.36 bits per heavy atom. The van der Waals surface area contributed by atoms with Crippen LogP contribution in [0.2, 0.25) is 0 Å². The largest absolute Gasteiger partial charge is 0.490 e. The van der Waals surface area contributed by atoms with Crippen LogP contribution in [0, 0.1) is 16.7 Å². The minimum atomic E-state index is 0.203. The summed E-state index contributed by atoms with van der Waals surface area (Å²) in [6.45, 7) is 10.2. The van der Waals surface area contributed by atoms with E-state index in [2.05, 4.69) is 67.1 Å². The van der Waals surface area contributed by atoms with E-state index in [0.29, 0.717) is 16.4 Å². The lowest BCUT2D eigenvalue weighted by Crippen LogP contribution is -2.63. The molecule has 0 aliphatic heterocycles. The maximum absolute atomic E-state index is 5.84. The molecule has 0 heterocycles. The summed E-state index contributed by atoms with van der Waals surface area (Å²) >= 11 is 3.67. The molecule has 5 rings (SSSR count). The van der Waals surface area contributed by atoms with E-state index in [1.807, 2.05) is 0 Å². The van der Waals surface area contributed by atoms with Crippen LogP contribution in [0.1, 0.15) is 71.8 Å². The molecule has 1 aromatic carbocycles. The average Bonchev–Trinajstić information content (AvgIpc) is 2.43. The van der Waals surface area contributed by atoms with Crippen molar-refractivity contribution in [2.45, 2.75) is 84.4 Å². The highest BCUT2D eigenvalue weighted by Gasteiger charge is 2.59. The summed E-state index contributed by atoms with van der Waals surface area (Å²) in [6.07, 6.45) is 8.66. The molecule has 4 bridgehead atoms. The van der Waals surface area contributed by atoms with E-state index in [-0.39, 0.29) is 6.10 Å². The van der Waals surface area contributed by atoms with Gasteiger partial charge in [-0.2, -0.15) is 0 Å². The number of hydrogen-bond donors (Lipinski definition) is 1. The normalized spacial score (nSPS) is 39.2. The van der Waals surface area contributed by atoms with Gasteiger partial charge in [-0.1, -0.05) is 19.9 Å². The van der Waals surface area contributed by atoms with Gasteiger partial charge in [-0.25, -0.2) is 0 Å². The minimum Gasteiger partial charge on any atom is -0.490 e. The van der Waals surface area contributed by atoms with Gasteiger partial charge in [0.05, 0.1) is 10.6 Å². The Kier molecular flexibility index (Phi) is 4.28. The van der Waals surface area contributed by atoms with Gasteiger partial charge in [-0.15, -0.1) is 0 Å². The van der Waals surface area contributed by atoms with E-state index in [1.54, 1.807) is 0 Å². The molecule has 25 heavy (non-hydrogen) atoms. The highest BCUT2D eigenvalue weighted by atomic mass is 79.9. The lowest BCUT2D eigenvalue weighted by molar-refractivity contribution is -0.118. The van der Waals surface area contributed by atoms with Crippen LogP contribution in [0.25, 0.3) is 0 Å². The van der Waals surface area contributed by atoms with E-state index in [1.165, 1.54) is 44.1 Å². The van der Waals surface area contributed by atoms with Crippen LogP contribution in [-0.4, -0.2) is 11.6 Å². The molecule has 138 valence electrons. The van der Waals surface area contributed by atoms with Crippen LogP contribution in [0.15, 0.2) is 22.7 Å². The number of halogens is 1. The Morgan fingerprint density at radius 1 is 1.12 bits per heavy atom. The zero-order chi connectivity index (χ0) is 17.9. The third-order valence-electron chi connectivity index (χ3n) is 6.65. The predicted octanol–water partition coefficient (Wildman–Crippen LogP) is 6.07. The van der Waals surface area contributed by atoms with Crippen molar-refractivity contribution in [2.75, 3.05) is 0 Å². The first-order valence-electron chi connectivity index (χ1n) is 9.89. The van der Waals surface area contributed by atoms with Crippen molar-refractivity contribution in [3.8, 4) is 5.75 Å². The third-order valence-corrected chi connectivity index (χ3v) is 7.27. The van der Waals surface area contributed by atoms with Gasteiger partial charge in [0, 0.05) is 12.1 Å². The fourth-order valence-electron chi connectivity index (χ4n) is 6.94. The Balaban J connectivity index is 1.47. The fraction of sp³-hybridized carbons (Fsp3) is 0.727.